The van der Waals surface area contributed by atoms with Crippen molar-refractivity contribution in [3.63, 3.8) is 0 Å². The van der Waals surface area contributed by atoms with Crippen LogP contribution in [0, 0.1) is 0 Å². The molecular weight excluding hydrogens is 130 g/mol. The maximum Gasteiger partial charge on any atom is 0.151 e. The number of aliphatic hydroxyl groups excluding tert-OH is 1. The molecule has 0 aromatic heterocycles. The van der Waals surface area contributed by atoms with Crippen molar-refractivity contribution in [3.05, 3.63) is 0 Å². The van der Waals surface area contributed by atoms with Gasteiger partial charge in [0.2, 0.25) is 0 Å². The minimum absolute atomic E-state index is 0.232. The average molecular weight is 147 g/mol. The smallest absolute Gasteiger partial charge is 0.151 e. The maximum atomic E-state index is 8.44. The average Bonchev–Trinajstić information content (AvgIpc) is 1.79. The molecule has 0 aliphatic rings. The lowest BCUT2D eigenvalue weighted by atomic mass is 10.1. The first kappa shape index (κ1) is 9.88. The first-order valence-electron chi connectivity index (χ1n) is 3.74. The number of nitrogens with two attached hydrogens (primary N) is 1. The molecule has 0 bridgehead atoms. The molecule has 1 unspecified atom stereocenters. The van der Waals surface area contributed by atoms with Gasteiger partial charge in [0, 0.05) is 6.04 Å². The van der Waals surface area contributed by atoms with Gasteiger partial charge in [0.15, 0.2) is 6.29 Å². The fourth-order valence-corrected chi connectivity index (χ4v) is 0.793. The molecule has 0 aliphatic heterocycles. The van der Waals surface area contributed by atoms with Gasteiger partial charge in [-0.15, -0.1) is 0 Å². The van der Waals surface area contributed by atoms with Crippen molar-refractivity contribution in [1.82, 2.24) is 0 Å². The molecule has 0 spiro atoms. The molecule has 10 heavy (non-hydrogen) atoms. The van der Waals surface area contributed by atoms with Crippen LogP contribution in [0.2, 0.25) is 0 Å². The largest absolute Gasteiger partial charge is 0.368 e. The van der Waals surface area contributed by atoms with E-state index in [0.29, 0.717) is 6.42 Å². The number of aliphatic hydroxyl groups is 2. The maximum absolute atomic E-state index is 8.44. The van der Waals surface area contributed by atoms with E-state index in [1.807, 2.05) is 6.92 Å². The van der Waals surface area contributed by atoms with Crippen molar-refractivity contribution < 1.29 is 10.2 Å². The van der Waals surface area contributed by atoms with E-state index in [1.165, 1.54) is 0 Å². The third-order valence-corrected chi connectivity index (χ3v) is 1.37. The normalized spacial score (nSPS) is 14.1. The van der Waals surface area contributed by atoms with Crippen molar-refractivity contribution in [2.45, 2.75) is 44.9 Å². The molecule has 0 radical (unpaired) electrons. The molecule has 0 aromatic carbocycles. The van der Waals surface area contributed by atoms with E-state index in [-0.39, 0.29) is 6.04 Å². The SMILES string of the molecule is CC(N)CCCCC(O)O. The standard InChI is InChI=1S/C7H17NO2/c1-6(8)4-2-3-5-7(9)10/h6-7,9-10H,2-5,8H2,1H3. The highest BCUT2D eigenvalue weighted by Gasteiger charge is 1.97. The summed E-state index contributed by atoms with van der Waals surface area (Å²) in [7, 11) is 0. The van der Waals surface area contributed by atoms with Crippen LogP contribution in [0.1, 0.15) is 32.6 Å². The van der Waals surface area contributed by atoms with Gasteiger partial charge in [0.05, 0.1) is 0 Å². The van der Waals surface area contributed by atoms with E-state index in [4.69, 9.17) is 15.9 Å². The highest BCUT2D eigenvalue weighted by Crippen LogP contribution is 2.03. The summed E-state index contributed by atoms with van der Waals surface area (Å²) in [5.41, 5.74) is 5.48. The predicted molar refractivity (Wildman–Crippen MR) is 40.3 cm³/mol. The van der Waals surface area contributed by atoms with Gasteiger partial charge in [0.25, 0.3) is 0 Å². The zero-order valence-electron chi connectivity index (χ0n) is 6.45. The predicted octanol–water partition coefficient (Wildman–Crippen LogP) is 0.205. The molecule has 0 aliphatic carbocycles. The van der Waals surface area contributed by atoms with Crippen LogP contribution in [-0.4, -0.2) is 22.5 Å². The van der Waals surface area contributed by atoms with Gasteiger partial charge >= 0.3 is 0 Å². The lowest BCUT2D eigenvalue weighted by Gasteiger charge is -2.04. The van der Waals surface area contributed by atoms with Crippen LogP contribution < -0.4 is 5.73 Å². The summed E-state index contributed by atoms with van der Waals surface area (Å²) in [6.45, 7) is 1.95. The highest BCUT2D eigenvalue weighted by molar-refractivity contribution is 4.53. The number of hydrogen-bond donors (Lipinski definition) is 3. The van der Waals surface area contributed by atoms with Crippen LogP contribution in [0.3, 0.4) is 0 Å². The van der Waals surface area contributed by atoms with Gasteiger partial charge in [-0.3, -0.25) is 0 Å². The Morgan fingerprint density at radius 3 is 2.10 bits per heavy atom. The summed E-state index contributed by atoms with van der Waals surface area (Å²) >= 11 is 0. The second-order valence-corrected chi connectivity index (χ2v) is 2.74. The van der Waals surface area contributed by atoms with Gasteiger partial charge in [0.1, 0.15) is 0 Å². The Labute approximate surface area is 61.9 Å². The Balaban J connectivity index is 2.91. The summed E-state index contributed by atoms with van der Waals surface area (Å²) in [6.07, 6.45) is 2.11. The van der Waals surface area contributed by atoms with Crippen molar-refractivity contribution in [3.8, 4) is 0 Å². The molecule has 0 amide bonds. The first-order valence-corrected chi connectivity index (χ1v) is 3.74. The van der Waals surface area contributed by atoms with Crippen LogP contribution >= 0.6 is 0 Å². The van der Waals surface area contributed by atoms with E-state index >= 15 is 0 Å². The van der Waals surface area contributed by atoms with Crippen LogP contribution in [0.25, 0.3) is 0 Å². The lowest BCUT2D eigenvalue weighted by molar-refractivity contribution is -0.0466. The molecule has 0 fully saturated rings. The molecule has 0 saturated heterocycles. The topological polar surface area (TPSA) is 66.5 Å². The van der Waals surface area contributed by atoms with Crippen LogP contribution in [0.15, 0.2) is 0 Å². The van der Waals surface area contributed by atoms with Gasteiger partial charge in [-0.2, -0.15) is 0 Å². The molecule has 1 atom stereocenters. The Morgan fingerprint density at radius 1 is 1.20 bits per heavy atom. The van der Waals surface area contributed by atoms with Crippen LogP contribution in [0.5, 0.6) is 0 Å². The summed E-state index contributed by atoms with van der Waals surface area (Å²) < 4.78 is 0. The van der Waals surface area contributed by atoms with Gasteiger partial charge in [-0.05, 0) is 26.2 Å². The summed E-state index contributed by atoms with van der Waals surface area (Å²) in [6, 6.07) is 0.232. The quantitative estimate of drug-likeness (QED) is 0.384. The van der Waals surface area contributed by atoms with Crippen molar-refractivity contribution >= 4 is 0 Å². The van der Waals surface area contributed by atoms with Gasteiger partial charge in [-0.25, -0.2) is 0 Å². The first-order chi connectivity index (χ1) is 4.63. The third-order valence-electron chi connectivity index (χ3n) is 1.37. The second-order valence-electron chi connectivity index (χ2n) is 2.74. The fourth-order valence-electron chi connectivity index (χ4n) is 0.793. The molecule has 3 heteroatoms. The summed E-state index contributed by atoms with van der Waals surface area (Å²) in [5.74, 6) is 0. The Morgan fingerprint density at radius 2 is 1.70 bits per heavy atom. The van der Waals surface area contributed by atoms with E-state index in [2.05, 4.69) is 0 Å². The van der Waals surface area contributed by atoms with Crippen molar-refractivity contribution in [2.24, 2.45) is 5.73 Å². The zero-order valence-corrected chi connectivity index (χ0v) is 6.45. The number of hydrogen-bond acceptors (Lipinski definition) is 3. The Kier molecular flexibility index (Phi) is 5.58. The molecule has 0 aromatic rings. The lowest BCUT2D eigenvalue weighted by Crippen LogP contribution is -2.14. The monoisotopic (exact) mass is 147 g/mol. The fraction of sp³-hybridized carbons (Fsp3) is 1.00. The molecule has 0 heterocycles. The minimum atomic E-state index is -1.15. The van der Waals surface area contributed by atoms with Gasteiger partial charge in [-0.1, -0.05) is 6.42 Å². The zero-order chi connectivity index (χ0) is 7.98. The summed E-state index contributed by atoms with van der Waals surface area (Å²) in [4.78, 5) is 0. The van der Waals surface area contributed by atoms with E-state index in [1.54, 1.807) is 0 Å². The Hall–Kier alpha value is -0.120. The number of rotatable bonds is 5. The van der Waals surface area contributed by atoms with E-state index in [9.17, 15) is 0 Å². The van der Waals surface area contributed by atoms with E-state index < -0.39 is 6.29 Å². The van der Waals surface area contributed by atoms with Crippen LogP contribution in [0.4, 0.5) is 0 Å². The molecular formula is C7H17NO2. The van der Waals surface area contributed by atoms with Crippen molar-refractivity contribution in [2.75, 3.05) is 0 Å². The number of unbranched alkanes of at least 4 members (excludes halogenated alkanes) is 1. The second kappa shape index (κ2) is 5.65. The molecule has 0 rings (SSSR count). The van der Waals surface area contributed by atoms with Crippen LogP contribution in [-0.2, 0) is 0 Å². The van der Waals surface area contributed by atoms with Gasteiger partial charge < -0.3 is 15.9 Å². The Bertz CT molecular complexity index is 64.0. The molecule has 3 nitrogen and oxygen atoms in total. The summed E-state index contributed by atoms with van der Waals surface area (Å²) in [5, 5.41) is 16.9. The van der Waals surface area contributed by atoms with Crippen molar-refractivity contribution in [1.29, 1.82) is 0 Å². The van der Waals surface area contributed by atoms with E-state index in [0.717, 1.165) is 19.3 Å². The third kappa shape index (κ3) is 7.88. The molecule has 62 valence electrons. The molecule has 4 N–H and O–H groups in total. The molecule has 0 saturated carbocycles. The highest BCUT2D eigenvalue weighted by atomic mass is 16.5. The minimum Gasteiger partial charge on any atom is -0.368 e.